The minimum atomic E-state index is -0.578. The van der Waals surface area contributed by atoms with Gasteiger partial charge in [0.2, 0.25) is 0 Å². The van der Waals surface area contributed by atoms with Gasteiger partial charge in [-0.15, -0.1) is 0 Å². The second kappa shape index (κ2) is 8.26. The topological polar surface area (TPSA) is 41.5 Å². The molecule has 0 saturated heterocycles. The number of fused-ring (bicyclic) bond motifs is 3. The minimum absolute atomic E-state index is 0.146. The van der Waals surface area contributed by atoms with Gasteiger partial charge in [-0.3, -0.25) is 0 Å². The van der Waals surface area contributed by atoms with Crippen LogP contribution in [0.1, 0.15) is 62.1 Å². The van der Waals surface area contributed by atoms with Gasteiger partial charge in [-0.1, -0.05) is 56.2 Å². The third-order valence-electron chi connectivity index (χ3n) is 6.97. The first-order valence-electron chi connectivity index (χ1n) is 10.9. The third kappa shape index (κ3) is 3.58. The summed E-state index contributed by atoms with van der Waals surface area (Å²) in [6.07, 6.45) is 7.18. The maximum Gasteiger partial charge on any atom is 0.120 e. The van der Waals surface area contributed by atoms with Crippen LogP contribution in [0.25, 0.3) is 0 Å². The van der Waals surface area contributed by atoms with E-state index in [1.165, 1.54) is 23.1 Å². The lowest BCUT2D eigenvalue weighted by atomic mass is 9.53. The van der Waals surface area contributed by atoms with Crippen molar-refractivity contribution in [2.75, 3.05) is 13.1 Å². The van der Waals surface area contributed by atoms with Crippen LogP contribution in [-0.4, -0.2) is 23.8 Å². The maximum atomic E-state index is 11.7. The van der Waals surface area contributed by atoms with Gasteiger partial charge in [0.15, 0.2) is 0 Å². The largest absolute Gasteiger partial charge is 0.489 e. The van der Waals surface area contributed by atoms with Crippen molar-refractivity contribution in [2.45, 2.75) is 69.5 Å². The molecule has 0 aliphatic heterocycles. The molecule has 4 rings (SSSR count). The van der Waals surface area contributed by atoms with Crippen molar-refractivity contribution in [2.24, 2.45) is 0 Å². The number of hydrogen-bond acceptors (Lipinski definition) is 3. The summed E-state index contributed by atoms with van der Waals surface area (Å²) in [5, 5.41) is 15.2. The number of nitrogens with one attached hydrogen (secondary N) is 1. The van der Waals surface area contributed by atoms with Crippen LogP contribution in [-0.2, 0) is 18.4 Å². The van der Waals surface area contributed by atoms with Crippen molar-refractivity contribution in [1.29, 1.82) is 0 Å². The van der Waals surface area contributed by atoms with Gasteiger partial charge in [0, 0.05) is 5.41 Å². The third-order valence-corrected chi connectivity index (χ3v) is 6.97. The molecule has 0 amide bonds. The lowest BCUT2D eigenvalue weighted by Crippen LogP contribution is -2.57. The molecular formula is C25H33NO2. The molecule has 0 bridgehead atoms. The van der Waals surface area contributed by atoms with E-state index < -0.39 is 5.60 Å². The summed E-state index contributed by atoms with van der Waals surface area (Å²) >= 11 is 0. The molecular weight excluding hydrogens is 346 g/mol. The number of hydrogen-bond donors (Lipinski definition) is 2. The summed E-state index contributed by atoms with van der Waals surface area (Å²) in [5.74, 6) is 0.917. The Kier molecular flexibility index (Phi) is 5.75. The monoisotopic (exact) mass is 379 g/mol. The fourth-order valence-corrected chi connectivity index (χ4v) is 5.43. The van der Waals surface area contributed by atoms with Crippen molar-refractivity contribution in [3.63, 3.8) is 0 Å². The predicted octanol–water partition coefficient (Wildman–Crippen LogP) is 4.75. The van der Waals surface area contributed by atoms with Crippen LogP contribution in [0, 0.1) is 0 Å². The molecule has 0 unspecified atom stereocenters. The Bertz CT molecular complexity index is 790. The standard InChI is InChI=1S/C25H33NO2/c1-2-26-17-16-24-13-6-7-14-25(24,27)15-12-21-10-11-22(18-23(21)24)28-19-20-8-4-3-5-9-20/h3-5,8-11,18,26-27H,2,6-7,12-17,19H2,1H3/t24-,25+/m1/s1. The second-order valence-electron chi connectivity index (χ2n) is 8.52. The van der Waals surface area contributed by atoms with Gasteiger partial charge in [-0.25, -0.2) is 0 Å². The van der Waals surface area contributed by atoms with Gasteiger partial charge in [0.05, 0.1) is 5.60 Å². The van der Waals surface area contributed by atoms with Gasteiger partial charge in [0.1, 0.15) is 12.4 Å². The zero-order valence-corrected chi connectivity index (χ0v) is 17.0. The van der Waals surface area contributed by atoms with Gasteiger partial charge >= 0.3 is 0 Å². The number of ether oxygens (including phenoxy) is 1. The molecule has 3 nitrogen and oxygen atoms in total. The molecule has 28 heavy (non-hydrogen) atoms. The first-order chi connectivity index (χ1) is 13.7. The Morgan fingerprint density at radius 1 is 1.04 bits per heavy atom. The van der Waals surface area contributed by atoms with Crippen molar-refractivity contribution in [3.8, 4) is 5.75 Å². The van der Waals surface area contributed by atoms with Crippen LogP contribution in [0.15, 0.2) is 48.5 Å². The van der Waals surface area contributed by atoms with Crippen molar-refractivity contribution < 1.29 is 9.84 Å². The fourth-order valence-electron chi connectivity index (χ4n) is 5.43. The minimum Gasteiger partial charge on any atom is -0.489 e. The lowest BCUT2D eigenvalue weighted by Gasteiger charge is -2.55. The van der Waals surface area contributed by atoms with Crippen LogP contribution >= 0.6 is 0 Å². The Balaban J connectivity index is 1.64. The van der Waals surface area contributed by atoms with E-state index in [1.54, 1.807) is 0 Å². The number of aliphatic hydroxyl groups is 1. The maximum absolute atomic E-state index is 11.7. The fraction of sp³-hybridized carbons (Fsp3) is 0.520. The quantitative estimate of drug-likeness (QED) is 0.682. The van der Waals surface area contributed by atoms with E-state index in [0.717, 1.165) is 57.4 Å². The Morgan fingerprint density at radius 3 is 2.68 bits per heavy atom. The van der Waals surface area contributed by atoms with Crippen LogP contribution < -0.4 is 10.1 Å². The molecule has 2 aromatic carbocycles. The average molecular weight is 380 g/mol. The highest BCUT2D eigenvalue weighted by molar-refractivity contribution is 5.46. The van der Waals surface area contributed by atoms with Crippen LogP contribution in [0.2, 0.25) is 0 Å². The molecule has 2 aromatic rings. The molecule has 2 aliphatic rings. The second-order valence-corrected chi connectivity index (χ2v) is 8.52. The Morgan fingerprint density at radius 2 is 1.86 bits per heavy atom. The summed E-state index contributed by atoms with van der Waals surface area (Å²) in [5.41, 5.74) is 3.19. The van der Waals surface area contributed by atoms with Crippen LogP contribution in [0.5, 0.6) is 5.75 Å². The first-order valence-corrected chi connectivity index (χ1v) is 10.9. The Hall–Kier alpha value is -1.84. The molecule has 3 heteroatoms. The molecule has 0 radical (unpaired) electrons. The van der Waals surface area contributed by atoms with E-state index in [9.17, 15) is 5.11 Å². The zero-order chi connectivity index (χ0) is 19.5. The van der Waals surface area contributed by atoms with Gasteiger partial charge in [-0.05, 0) is 74.0 Å². The highest BCUT2D eigenvalue weighted by Gasteiger charge is 2.54. The number of benzene rings is 2. The zero-order valence-electron chi connectivity index (χ0n) is 17.0. The summed E-state index contributed by atoms with van der Waals surface area (Å²) in [6.45, 7) is 4.65. The summed E-state index contributed by atoms with van der Waals surface area (Å²) < 4.78 is 6.14. The molecule has 1 saturated carbocycles. The Labute approximate surface area is 169 Å². The summed E-state index contributed by atoms with van der Waals surface area (Å²) in [7, 11) is 0. The number of aryl methyl sites for hydroxylation is 1. The van der Waals surface area contributed by atoms with Gasteiger partial charge < -0.3 is 15.2 Å². The van der Waals surface area contributed by atoms with Crippen molar-refractivity contribution in [3.05, 3.63) is 65.2 Å². The molecule has 1 fully saturated rings. The van der Waals surface area contributed by atoms with E-state index >= 15 is 0 Å². The van der Waals surface area contributed by atoms with Gasteiger partial charge in [-0.2, -0.15) is 0 Å². The SMILES string of the molecule is CCNCC[C@@]12CCCC[C@]1(O)CCc1ccc(OCc3ccccc3)cc12. The van der Waals surface area contributed by atoms with E-state index in [4.69, 9.17) is 4.74 Å². The molecule has 2 aliphatic carbocycles. The van der Waals surface area contributed by atoms with Crippen LogP contribution in [0.3, 0.4) is 0 Å². The lowest BCUT2D eigenvalue weighted by molar-refractivity contribution is -0.0869. The predicted molar refractivity (Wildman–Crippen MR) is 114 cm³/mol. The van der Waals surface area contributed by atoms with E-state index in [1.807, 2.05) is 18.2 Å². The van der Waals surface area contributed by atoms with Crippen LogP contribution in [0.4, 0.5) is 0 Å². The molecule has 0 spiro atoms. The highest BCUT2D eigenvalue weighted by atomic mass is 16.5. The van der Waals surface area contributed by atoms with Crippen molar-refractivity contribution in [1.82, 2.24) is 5.32 Å². The van der Waals surface area contributed by atoms with Gasteiger partial charge in [0.25, 0.3) is 0 Å². The molecule has 2 atom stereocenters. The highest BCUT2D eigenvalue weighted by Crippen LogP contribution is 2.55. The smallest absolute Gasteiger partial charge is 0.120 e. The van der Waals surface area contributed by atoms with E-state index in [-0.39, 0.29) is 5.41 Å². The summed E-state index contributed by atoms with van der Waals surface area (Å²) in [4.78, 5) is 0. The van der Waals surface area contributed by atoms with Crippen molar-refractivity contribution >= 4 is 0 Å². The molecule has 2 N–H and O–H groups in total. The molecule has 0 aromatic heterocycles. The molecule has 150 valence electrons. The average Bonchev–Trinajstić information content (AvgIpc) is 2.73. The normalized spacial score (nSPS) is 26.4. The summed E-state index contributed by atoms with van der Waals surface area (Å²) in [6, 6.07) is 16.9. The molecule has 0 heterocycles. The number of rotatable bonds is 7. The first kappa shape index (κ1) is 19.5. The van der Waals surface area contributed by atoms with E-state index in [2.05, 4.69) is 42.6 Å². The van der Waals surface area contributed by atoms with E-state index in [0.29, 0.717) is 6.61 Å².